The van der Waals surface area contributed by atoms with Crippen molar-refractivity contribution in [3.63, 3.8) is 0 Å². The van der Waals surface area contributed by atoms with Crippen LogP contribution in [0.5, 0.6) is 0 Å². The minimum atomic E-state index is -1.60. The fraction of sp³-hybridized carbons (Fsp3) is 0.652. The van der Waals surface area contributed by atoms with Crippen molar-refractivity contribution in [3.8, 4) is 0 Å². The fourth-order valence-electron chi connectivity index (χ4n) is 4.66. The van der Waals surface area contributed by atoms with Crippen LogP contribution in [0, 0.1) is 17.3 Å². The summed E-state index contributed by atoms with van der Waals surface area (Å²) in [6, 6.07) is 0. The molecule has 0 spiro atoms. The number of amides is 1. The van der Waals surface area contributed by atoms with Crippen LogP contribution in [0.15, 0.2) is 18.5 Å². The zero-order chi connectivity index (χ0) is 25.6. The Labute approximate surface area is 207 Å². The smallest absolute Gasteiger partial charge is 0.414 e. The van der Waals surface area contributed by atoms with Crippen LogP contribution >= 0.6 is 11.6 Å². The normalized spacial score (nSPS) is 23.7. The Morgan fingerprint density at radius 1 is 1.32 bits per heavy atom. The summed E-state index contributed by atoms with van der Waals surface area (Å²) in [6.45, 7) is 20.3. The maximum absolute atomic E-state index is 12.3. The number of nitrogens with one attached hydrogen (secondary N) is 1. The lowest BCUT2D eigenvalue weighted by Crippen LogP contribution is -2.40. The van der Waals surface area contributed by atoms with E-state index in [-0.39, 0.29) is 35.0 Å². The standard InChI is InChI=1S/C23H36ClN5O4Si/c1-13-14(11-30)15(21(2,3)4)10-23(13,33-34(8)9)29-12-25-16-17(24)26-19(27-18(16)29)28-20(31)32-22(5,6)7/h12,14-15,30,34H,1,10-11H2,2-9H3,(H,26,27,28,31)/t14-,15-,23-/m0/s1. The van der Waals surface area contributed by atoms with Crippen LogP contribution in [-0.2, 0) is 14.9 Å². The van der Waals surface area contributed by atoms with Crippen LogP contribution in [0.1, 0.15) is 48.0 Å². The number of halogens is 1. The van der Waals surface area contributed by atoms with E-state index in [1.54, 1.807) is 27.1 Å². The molecule has 3 atom stereocenters. The fourth-order valence-corrected chi connectivity index (χ4v) is 6.01. The number of aromatic nitrogens is 4. The highest BCUT2D eigenvalue weighted by atomic mass is 35.5. The second kappa shape index (κ2) is 9.22. The quantitative estimate of drug-likeness (QED) is 0.341. The summed E-state index contributed by atoms with van der Waals surface area (Å²) in [4.78, 5) is 25.5. The number of hydrogen-bond donors (Lipinski definition) is 2. The van der Waals surface area contributed by atoms with Gasteiger partial charge in [0.2, 0.25) is 5.95 Å². The minimum Gasteiger partial charge on any atom is -0.444 e. The highest BCUT2D eigenvalue weighted by molar-refractivity contribution is 6.48. The molecule has 0 radical (unpaired) electrons. The van der Waals surface area contributed by atoms with Gasteiger partial charge < -0.3 is 14.3 Å². The Kier molecular flexibility index (Phi) is 7.21. The molecular formula is C23H36ClN5O4Si. The Morgan fingerprint density at radius 2 is 1.97 bits per heavy atom. The molecule has 0 saturated heterocycles. The molecule has 2 N–H and O–H groups in total. The molecule has 11 heteroatoms. The van der Waals surface area contributed by atoms with Crippen molar-refractivity contribution in [1.82, 2.24) is 19.5 Å². The predicted molar refractivity (Wildman–Crippen MR) is 135 cm³/mol. The molecule has 0 unspecified atom stereocenters. The molecule has 34 heavy (non-hydrogen) atoms. The first kappa shape index (κ1) is 26.6. The Balaban J connectivity index is 2.14. The second-order valence-corrected chi connectivity index (χ2v) is 13.9. The van der Waals surface area contributed by atoms with Gasteiger partial charge in [0.05, 0.1) is 12.9 Å². The van der Waals surface area contributed by atoms with Gasteiger partial charge in [-0.3, -0.25) is 9.88 Å². The number of aliphatic hydroxyl groups excluding tert-OH is 1. The summed E-state index contributed by atoms with van der Waals surface area (Å²) in [7, 11) is -1.60. The van der Waals surface area contributed by atoms with Crippen LogP contribution in [0.4, 0.5) is 10.7 Å². The van der Waals surface area contributed by atoms with Gasteiger partial charge in [-0.15, -0.1) is 0 Å². The number of fused-ring (bicyclic) bond motifs is 1. The highest BCUT2D eigenvalue weighted by Gasteiger charge is 2.54. The van der Waals surface area contributed by atoms with E-state index in [1.165, 1.54) is 0 Å². The van der Waals surface area contributed by atoms with Gasteiger partial charge in [-0.05, 0) is 50.8 Å². The zero-order valence-electron chi connectivity index (χ0n) is 21.3. The Bertz CT molecular complexity index is 1090. The van der Waals surface area contributed by atoms with Crippen LogP contribution in [-0.4, -0.2) is 52.0 Å². The third kappa shape index (κ3) is 5.14. The number of hydrogen-bond acceptors (Lipinski definition) is 7. The van der Waals surface area contributed by atoms with E-state index in [1.807, 2.05) is 4.57 Å². The van der Waals surface area contributed by atoms with E-state index in [0.29, 0.717) is 17.6 Å². The van der Waals surface area contributed by atoms with E-state index < -0.39 is 26.5 Å². The lowest BCUT2D eigenvalue weighted by atomic mass is 9.74. The van der Waals surface area contributed by atoms with E-state index in [0.717, 1.165) is 5.57 Å². The van der Waals surface area contributed by atoms with Gasteiger partial charge in [0.15, 0.2) is 25.6 Å². The number of nitrogens with zero attached hydrogens (tertiary/aromatic N) is 4. The van der Waals surface area contributed by atoms with Crippen molar-refractivity contribution in [2.24, 2.45) is 17.3 Å². The SMILES string of the molecule is C=C1[C@H](CO)[C@@H](C(C)(C)C)C[C@@]1(O[SiH](C)C)n1cnc2c(Cl)nc(NC(=O)OC(C)(C)C)nc21. The van der Waals surface area contributed by atoms with Gasteiger partial charge in [0.1, 0.15) is 11.1 Å². The van der Waals surface area contributed by atoms with Crippen LogP contribution in [0.25, 0.3) is 11.2 Å². The highest BCUT2D eigenvalue weighted by Crippen LogP contribution is 2.55. The number of rotatable bonds is 5. The number of ether oxygens (including phenoxy) is 1. The Morgan fingerprint density at radius 3 is 2.47 bits per heavy atom. The summed E-state index contributed by atoms with van der Waals surface area (Å²) in [5, 5.41) is 12.9. The molecule has 0 aromatic carbocycles. The van der Waals surface area contributed by atoms with Crippen molar-refractivity contribution in [3.05, 3.63) is 23.6 Å². The summed E-state index contributed by atoms with van der Waals surface area (Å²) >= 11 is 6.43. The van der Waals surface area contributed by atoms with Gasteiger partial charge in [0.25, 0.3) is 0 Å². The molecule has 1 aliphatic rings. The van der Waals surface area contributed by atoms with Crippen molar-refractivity contribution in [2.45, 2.75) is 72.4 Å². The van der Waals surface area contributed by atoms with Crippen molar-refractivity contribution in [2.75, 3.05) is 11.9 Å². The maximum atomic E-state index is 12.3. The average Bonchev–Trinajstić information content (AvgIpc) is 3.20. The zero-order valence-corrected chi connectivity index (χ0v) is 23.2. The van der Waals surface area contributed by atoms with Gasteiger partial charge in [-0.25, -0.2) is 9.78 Å². The first-order valence-electron chi connectivity index (χ1n) is 11.5. The first-order chi connectivity index (χ1) is 15.6. The van der Waals surface area contributed by atoms with E-state index >= 15 is 0 Å². The van der Waals surface area contributed by atoms with Crippen molar-refractivity contribution in [1.29, 1.82) is 0 Å². The first-order valence-corrected chi connectivity index (χ1v) is 14.6. The summed E-state index contributed by atoms with van der Waals surface area (Å²) in [6.07, 6.45) is 1.55. The Hall–Kier alpha value is -2.01. The third-order valence-electron chi connectivity index (χ3n) is 6.03. The molecule has 2 aromatic heterocycles. The van der Waals surface area contributed by atoms with Gasteiger partial charge >= 0.3 is 6.09 Å². The van der Waals surface area contributed by atoms with E-state index in [4.69, 9.17) is 20.8 Å². The molecule has 1 saturated carbocycles. The molecular weight excluding hydrogens is 474 g/mol. The second-order valence-electron chi connectivity index (χ2n) is 11.2. The lowest BCUT2D eigenvalue weighted by molar-refractivity contribution is 0.0211. The van der Waals surface area contributed by atoms with Crippen molar-refractivity contribution < 1.29 is 19.1 Å². The largest absolute Gasteiger partial charge is 0.444 e. The van der Waals surface area contributed by atoms with E-state index in [2.05, 4.69) is 60.7 Å². The topological polar surface area (TPSA) is 111 Å². The number of carbonyl (C=O) groups excluding carboxylic acids is 1. The summed E-state index contributed by atoms with van der Waals surface area (Å²) in [5.41, 5.74) is -0.131. The molecule has 0 bridgehead atoms. The molecule has 1 fully saturated rings. The summed E-state index contributed by atoms with van der Waals surface area (Å²) < 4.78 is 13.8. The van der Waals surface area contributed by atoms with Gasteiger partial charge in [0, 0.05) is 12.3 Å². The third-order valence-corrected chi connectivity index (χ3v) is 7.15. The van der Waals surface area contributed by atoms with Gasteiger partial charge in [-0.1, -0.05) is 39.0 Å². The van der Waals surface area contributed by atoms with Crippen LogP contribution < -0.4 is 5.32 Å². The number of anilines is 1. The summed E-state index contributed by atoms with van der Waals surface area (Å²) in [5.74, 6) is -0.0335. The van der Waals surface area contributed by atoms with Crippen LogP contribution in [0.2, 0.25) is 18.2 Å². The monoisotopic (exact) mass is 509 g/mol. The predicted octanol–water partition coefficient (Wildman–Crippen LogP) is 4.71. The minimum absolute atomic E-state index is 0.000121. The van der Waals surface area contributed by atoms with Crippen LogP contribution in [0.3, 0.4) is 0 Å². The molecule has 1 aliphatic carbocycles. The van der Waals surface area contributed by atoms with Gasteiger partial charge in [-0.2, -0.15) is 9.97 Å². The molecule has 2 aromatic rings. The number of carbonyl (C=O) groups is 1. The lowest BCUT2D eigenvalue weighted by Gasteiger charge is -2.36. The van der Waals surface area contributed by atoms with E-state index in [9.17, 15) is 9.90 Å². The molecule has 188 valence electrons. The number of aliphatic hydroxyl groups is 1. The molecule has 2 heterocycles. The molecule has 3 rings (SSSR count). The molecule has 9 nitrogen and oxygen atoms in total. The maximum Gasteiger partial charge on any atom is 0.414 e. The number of imidazole rings is 1. The molecule has 1 amide bonds. The van der Waals surface area contributed by atoms with Crippen molar-refractivity contribution >= 4 is 43.8 Å². The average molecular weight is 510 g/mol. The molecule has 0 aliphatic heterocycles.